The number of carbonyl (C=O) groups excluding carboxylic acids is 1. The number of carboxylic acids is 1. The van der Waals surface area contributed by atoms with Gasteiger partial charge in [-0.15, -0.1) is 5.10 Å². The predicted octanol–water partition coefficient (Wildman–Crippen LogP) is -0.855. The number of aliphatic carboxylic acids is 1. The molecule has 1 fully saturated rings. The first-order valence-corrected chi connectivity index (χ1v) is 7.11. The Kier molecular flexibility index (Phi) is 5.30. The highest BCUT2D eigenvalue weighted by Crippen LogP contribution is 2.13. The predicted molar refractivity (Wildman–Crippen MR) is 68.2 cm³/mol. The number of amides is 1. The normalized spacial score (nSPS) is 16.0. The maximum atomic E-state index is 11.8. The van der Waals surface area contributed by atoms with Crippen molar-refractivity contribution < 1.29 is 19.4 Å². The summed E-state index contributed by atoms with van der Waals surface area (Å²) in [6.07, 6.45) is 1.63. The molecule has 0 bridgehead atoms. The van der Waals surface area contributed by atoms with E-state index < -0.39 is 5.97 Å². The molecule has 1 aromatic rings. The van der Waals surface area contributed by atoms with E-state index in [9.17, 15) is 9.59 Å². The van der Waals surface area contributed by atoms with E-state index in [0.717, 1.165) is 29.3 Å². The van der Waals surface area contributed by atoms with Crippen LogP contribution in [-0.2, 0) is 20.9 Å². The van der Waals surface area contributed by atoms with Crippen molar-refractivity contribution >= 4 is 23.6 Å². The summed E-state index contributed by atoms with van der Waals surface area (Å²) in [5.74, 6) is -1.00. The fourth-order valence-corrected chi connectivity index (χ4v) is 2.46. The van der Waals surface area contributed by atoms with Crippen molar-refractivity contribution in [3.63, 3.8) is 0 Å². The molecule has 0 atom stereocenters. The van der Waals surface area contributed by atoms with E-state index in [1.807, 2.05) is 0 Å². The molecule has 0 unspecified atom stereocenters. The first-order valence-electron chi connectivity index (χ1n) is 6.13. The molecule has 2 rings (SSSR count). The third-order valence-electron chi connectivity index (χ3n) is 2.70. The number of aromatic nitrogens is 4. The molecule has 110 valence electrons. The second-order valence-electron chi connectivity index (χ2n) is 4.26. The fraction of sp³-hybridized carbons (Fsp3) is 0.700. The fourth-order valence-electron chi connectivity index (χ4n) is 1.77. The van der Waals surface area contributed by atoms with Crippen LogP contribution in [0.3, 0.4) is 0 Å². The van der Waals surface area contributed by atoms with Crippen molar-refractivity contribution in [2.45, 2.75) is 30.6 Å². The van der Waals surface area contributed by atoms with Gasteiger partial charge in [-0.3, -0.25) is 9.59 Å². The zero-order chi connectivity index (χ0) is 14.4. The molecule has 1 saturated heterocycles. The summed E-state index contributed by atoms with van der Waals surface area (Å²) in [5, 5.41) is 22.6. The Labute approximate surface area is 119 Å². The molecule has 1 amide bonds. The summed E-state index contributed by atoms with van der Waals surface area (Å²) in [6.45, 7) is 1.00. The average Bonchev–Trinajstić information content (AvgIpc) is 2.84. The quantitative estimate of drug-likeness (QED) is 0.652. The molecule has 0 radical (unpaired) electrons. The van der Waals surface area contributed by atoms with Crippen molar-refractivity contribution in [3.05, 3.63) is 0 Å². The Bertz CT molecular complexity index is 474. The number of ether oxygens (including phenoxy) is 1. The Morgan fingerprint density at radius 2 is 2.20 bits per heavy atom. The van der Waals surface area contributed by atoms with E-state index in [1.165, 1.54) is 0 Å². The van der Waals surface area contributed by atoms with Gasteiger partial charge in [0.05, 0.1) is 5.75 Å². The van der Waals surface area contributed by atoms with Gasteiger partial charge in [-0.05, 0) is 23.3 Å². The molecule has 1 aliphatic heterocycles. The van der Waals surface area contributed by atoms with E-state index in [-0.39, 0.29) is 24.2 Å². The molecule has 1 aliphatic rings. The molecule has 0 saturated carbocycles. The monoisotopic (exact) mass is 301 g/mol. The highest BCUT2D eigenvalue weighted by molar-refractivity contribution is 7.99. The number of nitrogens with one attached hydrogen (secondary N) is 1. The van der Waals surface area contributed by atoms with Crippen LogP contribution in [0.2, 0.25) is 0 Å². The van der Waals surface area contributed by atoms with Crippen molar-refractivity contribution in [3.8, 4) is 0 Å². The van der Waals surface area contributed by atoms with E-state index in [4.69, 9.17) is 9.84 Å². The van der Waals surface area contributed by atoms with Crippen LogP contribution in [0, 0.1) is 0 Å². The summed E-state index contributed by atoms with van der Waals surface area (Å²) < 4.78 is 6.36. The lowest BCUT2D eigenvalue weighted by atomic mass is 10.1. The van der Waals surface area contributed by atoms with Crippen molar-refractivity contribution in [2.24, 2.45) is 0 Å². The largest absolute Gasteiger partial charge is 0.480 e. The minimum Gasteiger partial charge on any atom is -0.480 e. The molecule has 20 heavy (non-hydrogen) atoms. The van der Waals surface area contributed by atoms with E-state index in [1.54, 1.807) is 0 Å². The van der Waals surface area contributed by atoms with Crippen LogP contribution >= 0.6 is 11.8 Å². The SMILES string of the molecule is O=C(O)Cn1nnnc1SCC(=O)NC1CCOCC1. The van der Waals surface area contributed by atoms with Crippen LogP contribution in [0.15, 0.2) is 5.16 Å². The number of thioether (sulfide) groups is 1. The molecule has 2 N–H and O–H groups in total. The van der Waals surface area contributed by atoms with Gasteiger partial charge in [0.15, 0.2) is 0 Å². The number of hydrogen-bond donors (Lipinski definition) is 2. The van der Waals surface area contributed by atoms with Gasteiger partial charge in [-0.1, -0.05) is 11.8 Å². The first-order chi connectivity index (χ1) is 9.65. The van der Waals surface area contributed by atoms with Crippen molar-refractivity contribution in [1.29, 1.82) is 0 Å². The van der Waals surface area contributed by atoms with Gasteiger partial charge in [0, 0.05) is 19.3 Å². The molecule has 2 heterocycles. The molecule has 10 heteroatoms. The number of tetrazole rings is 1. The summed E-state index contributed by atoms with van der Waals surface area (Å²) >= 11 is 1.11. The Morgan fingerprint density at radius 3 is 2.90 bits per heavy atom. The maximum Gasteiger partial charge on any atom is 0.325 e. The summed E-state index contributed by atoms with van der Waals surface area (Å²) in [4.78, 5) is 22.4. The van der Waals surface area contributed by atoms with E-state index in [2.05, 4.69) is 20.8 Å². The molecule has 1 aromatic heterocycles. The van der Waals surface area contributed by atoms with Gasteiger partial charge in [-0.25, -0.2) is 4.68 Å². The smallest absolute Gasteiger partial charge is 0.325 e. The van der Waals surface area contributed by atoms with Crippen molar-refractivity contribution in [2.75, 3.05) is 19.0 Å². The number of carboxylic acid groups (broad SMARTS) is 1. The zero-order valence-corrected chi connectivity index (χ0v) is 11.5. The molecule has 0 aromatic carbocycles. The lowest BCUT2D eigenvalue weighted by molar-refractivity contribution is -0.138. The highest BCUT2D eigenvalue weighted by Gasteiger charge is 2.17. The number of carbonyl (C=O) groups is 2. The van der Waals surface area contributed by atoms with E-state index in [0.29, 0.717) is 18.4 Å². The second-order valence-corrected chi connectivity index (χ2v) is 5.20. The van der Waals surface area contributed by atoms with Crippen LogP contribution in [0.5, 0.6) is 0 Å². The zero-order valence-electron chi connectivity index (χ0n) is 10.7. The first kappa shape index (κ1) is 14.7. The average molecular weight is 301 g/mol. The van der Waals surface area contributed by atoms with Crippen molar-refractivity contribution in [1.82, 2.24) is 25.5 Å². The number of hydrogen-bond acceptors (Lipinski definition) is 7. The van der Waals surface area contributed by atoms with Gasteiger partial charge in [0.1, 0.15) is 6.54 Å². The van der Waals surface area contributed by atoms with Gasteiger partial charge in [0.2, 0.25) is 11.1 Å². The maximum absolute atomic E-state index is 11.8. The minimum absolute atomic E-state index is 0.119. The molecule has 9 nitrogen and oxygen atoms in total. The van der Waals surface area contributed by atoms with E-state index >= 15 is 0 Å². The van der Waals surface area contributed by atoms with Crippen LogP contribution in [0.1, 0.15) is 12.8 Å². The van der Waals surface area contributed by atoms with Crippen LogP contribution < -0.4 is 5.32 Å². The molecular formula is C10H15N5O4S. The molecule has 0 aliphatic carbocycles. The van der Waals surface area contributed by atoms with Gasteiger partial charge >= 0.3 is 5.97 Å². The number of rotatable bonds is 6. The molecule has 0 spiro atoms. The van der Waals surface area contributed by atoms with Crippen LogP contribution in [0.4, 0.5) is 0 Å². The Morgan fingerprint density at radius 1 is 1.45 bits per heavy atom. The topological polar surface area (TPSA) is 119 Å². The third-order valence-corrected chi connectivity index (χ3v) is 3.66. The van der Waals surface area contributed by atoms with Crippen LogP contribution in [0.25, 0.3) is 0 Å². The van der Waals surface area contributed by atoms with Gasteiger partial charge in [0.25, 0.3) is 0 Å². The standard InChI is InChI=1S/C10H15N5O4S/c16-8(11-7-1-3-19-4-2-7)6-20-10-12-13-14-15(10)5-9(17)18/h7H,1-6H2,(H,11,16)(H,17,18). The lowest BCUT2D eigenvalue weighted by Crippen LogP contribution is -2.39. The lowest BCUT2D eigenvalue weighted by Gasteiger charge is -2.22. The summed E-state index contributed by atoms with van der Waals surface area (Å²) in [7, 11) is 0. The number of nitrogens with zero attached hydrogens (tertiary/aromatic N) is 4. The Hall–Kier alpha value is -1.68. The second kappa shape index (κ2) is 7.20. The molecular weight excluding hydrogens is 286 g/mol. The van der Waals surface area contributed by atoms with Gasteiger partial charge in [-0.2, -0.15) is 0 Å². The van der Waals surface area contributed by atoms with Gasteiger partial charge < -0.3 is 15.2 Å². The third kappa shape index (κ3) is 4.46. The summed E-state index contributed by atoms with van der Waals surface area (Å²) in [5.41, 5.74) is 0. The summed E-state index contributed by atoms with van der Waals surface area (Å²) in [6, 6.07) is 0.145. The highest BCUT2D eigenvalue weighted by atomic mass is 32.2. The Balaban J connectivity index is 1.78. The van der Waals surface area contributed by atoms with Crippen LogP contribution in [-0.4, -0.2) is 62.2 Å². The minimum atomic E-state index is -1.04.